The largest absolute Gasteiger partial charge is 0.481 e. The molecule has 0 aliphatic heterocycles. The minimum atomic E-state index is -0.790. The Morgan fingerprint density at radius 3 is 2.50 bits per heavy atom. The van der Waals surface area contributed by atoms with Crippen LogP contribution in [0.25, 0.3) is 0 Å². The van der Waals surface area contributed by atoms with E-state index in [0.717, 1.165) is 13.0 Å². The number of hydrogen-bond donors (Lipinski definition) is 2. The molecule has 0 saturated heterocycles. The van der Waals surface area contributed by atoms with Crippen molar-refractivity contribution in [2.45, 2.75) is 25.5 Å². The molecule has 5 heteroatoms. The molecule has 84 valence electrons. The van der Waals surface area contributed by atoms with E-state index in [1.54, 1.807) is 13.2 Å². The summed E-state index contributed by atoms with van der Waals surface area (Å²) in [5, 5.41) is 11.8. The van der Waals surface area contributed by atoms with Crippen LogP contribution in [-0.4, -0.2) is 39.9 Å². The smallest absolute Gasteiger partial charge is 0.307 e. The van der Waals surface area contributed by atoms with Crippen LogP contribution in [0.2, 0.25) is 0 Å². The van der Waals surface area contributed by atoms with E-state index in [-0.39, 0.29) is 11.2 Å². The van der Waals surface area contributed by atoms with Gasteiger partial charge in [0.2, 0.25) is 0 Å². The molecule has 0 saturated carbocycles. The summed E-state index contributed by atoms with van der Waals surface area (Å²) in [5.74, 6) is -1.15. The molecule has 0 spiro atoms. The lowest BCUT2D eigenvalue weighted by molar-refractivity contribution is -0.140. The van der Waals surface area contributed by atoms with E-state index in [0.29, 0.717) is 6.54 Å². The molecule has 0 rings (SSSR count). The lowest BCUT2D eigenvalue weighted by Gasteiger charge is -2.10. The summed E-state index contributed by atoms with van der Waals surface area (Å²) < 4.78 is 11.0. The molecule has 2 N–H and O–H groups in total. The lowest BCUT2D eigenvalue weighted by Crippen LogP contribution is -2.28. The Morgan fingerprint density at radius 1 is 1.50 bits per heavy atom. The molecule has 0 fully saturated rings. The van der Waals surface area contributed by atoms with Gasteiger partial charge >= 0.3 is 5.97 Å². The van der Waals surface area contributed by atoms with Crippen molar-refractivity contribution in [2.75, 3.05) is 19.3 Å². The van der Waals surface area contributed by atoms with E-state index in [2.05, 4.69) is 5.32 Å². The Kier molecular flexibility index (Phi) is 6.74. The van der Waals surface area contributed by atoms with Crippen LogP contribution in [0.1, 0.15) is 20.3 Å². The number of hydrogen-bond acceptors (Lipinski definition) is 3. The first-order chi connectivity index (χ1) is 6.45. The zero-order valence-corrected chi connectivity index (χ0v) is 9.76. The van der Waals surface area contributed by atoms with E-state index >= 15 is 0 Å². The summed E-state index contributed by atoms with van der Waals surface area (Å²) in [6, 6.07) is 0. The van der Waals surface area contributed by atoms with Gasteiger partial charge < -0.3 is 10.4 Å². The lowest BCUT2D eigenvalue weighted by atomic mass is 10.2. The van der Waals surface area contributed by atoms with Crippen molar-refractivity contribution in [3.63, 3.8) is 0 Å². The average Bonchev–Trinajstić information content (AvgIpc) is 2.11. The van der Waals surface area contributed by atoms with Gasteiger partial charge in [0, 0.05) is 28.9 Å². The maximum atomic E-state index is 11.0. The monoisotopic (exact) mass is 221 g/mol. The fourth-order valence-corrected chi connectivity index (χ4v) is 1.33. The van der Waals surface area contributed by atoms with Crippen LogP contribution in [-0.2, 0) is 15.6 Å². The highest BCUT2D eigenvalue weighted by atomic mass is 32.2. The maximum Gasteiger partial charge on any atom is 0.307 e. The van der Waals surface area contributed by atoms with Gasteiger partial charge in [0.05, 0.1) is 5.92 Å². The predicted octanol–water partition coefficient (Wildman–Crippen LogP) is 0.454. The molecule has 0 amide bonds. The molecule has 0 aromatic carbocycles. The summed E-state index contributed by atoms with van der Waals surface area (Å²) >= 11 is 0. The van der Waals surface area contributed by atoms with Crippen molar-refractivity contribution in [2.24, 2.45) is 5.92 Å². The van der Waals surface area contributed by atoms with E-state index in [1.807, 2.05) is 6.92 Å². The molecule has 4 nitrogen and oxygen atoms in total. The topological polar surface area (TPSA) is 66.4 Å². The highest BCUT2D eigenvalue weighted by Gasteiger charge is 2.10. The Balaban J connectivity index is 3.47. The Bertz CT molecular complexity index is 186. The van der Waals surface area contributed by atoms with Gasteiger partial charge in [-0.25, -0.2) is 0 Å². The van der Waals surface area contributed by atoms with Crippen LogP contribution in [0, 0.1) is 5.92 Å². The molecule has 3 atom stereocenters. The van der Waals surface area contributed by atoms with Crippen LogP contribution in [0.3, 0.4) is 0 Å². The number of nitrogens with one attached hydrogen (secondary N) is 1. The van der Waals surface area contributed by atoms with Gasteiger partial charge in [0.1, 0.15) is 0 Å². The minimum Gasteiger partial charge on any atom is -0.481 e. The zero-order valence-electron chi connectivity index (χ0n) is 8.95. The molecule has 0 aromatic rings. The molecular formula is C9H19NO3S. The number of rotatable bonds is 7. The molecule has 0 aliphatic carbocycles. The van der Waals surface area contributed by atoms with Crippen molar-refractivity contribution < 1.29 is 14.1 Å². The van der Waals surface area contributed by atoms with Crippen molar-refractivity contribution in [1.29, 1.82) is 0 Å². The standard InChI is InChI=1S/C9H19NO3S/c1-7(9(11)12)6-10-5-4-8(2)14(3)13/h7-8,10H,4-6H2,1-3H3,(H,11,12). The van der Waals surface area contributed by atoms with Crippen molar-refractivity contribution in [3.8, 4) is 0 Å². The second kappa shape index (κ2) is 6.95. The van der Waals surface area contributed by atoms with E-state index in [1.165, 1.54) is 0 Å². The van der Waals surface area contributed by atoms with E-state index in [9.17, 15) is 9.00 Å². The molecule has 0 radical (unpaired) electrons. The zero-order chi connectivity index (χ0) is 11.1. The normalized spacial score (nSPS) is 17.4. The molecular weight excluding hydrogens is 202 g/mol. The first kappa shape index (κ1) is 13.6. The van der Waals surface area contributed by atoms with Crippen LogP contribution in [0.15, 0.2) is 0 Å². The van der Waals surface area contributed by atoms with Crippen LogP contribution in [0.4, 0.5) is 0 Å². The molecule has 0 aliphatic rings. The highest BCUT2D eigenvalue weighted by molar-refractivity contribution is 7.84. The average molecular weight is 221 g/mol. The quantitative estimate of drug-likeness (QED) is 0.613. The molecule has 14 heavy (non-hydrogen) atoms. The van der Waals surface area contributed by atoms with Crippen LogP contribution >= 0.6 is 0 Å². The van der Waals surface area contributed by atoms with Gasteiger partial charge in [-0.15, -0.1) is 0 Å². The predicted molar refractivity (Wildman–Crippen MR) is 57.8 cm³/mol. The first-order valence-corrected chi connectivity index (χ1v) is 6.33. The molecule has 0 heterocycles. The summed E-state index contributed by atoms with van der Waals surface area (Å²) in [5.41, 5.74) is 0. The maximum absolute atomic E-state index is 11.0. The number of carboxylic acids is 1. The molecule has 0 bridgehead atoms. The van der Waals surface area contributed by atoms with Gasteiger partial charge in [-0.3, -0.25) is 9.00 Å². The third-order valence-corrected chi connectivity index (χ3v) is 3.54. The number of aliphatic carboxylic acids is 1. The fourth-order valence-electron chi connectivity index (χ4n) is 0.877. The van der Waals surface area contributed by atoms with Gasteiger partial charge in [0.25, 0.3) is 0 Å². The number of carboxylic acid groups (broad SMARTS) is 1. The summed E-state index contributed by atoms with van der Waals surface area (Å²) in [7, 11) is -0.790. The fraction of sp³-hybridized carbons (Fsp3) is 0.889. The summed E-state index contributed by atoms with van der Waals surface area (Å²) in [6.07, 6.45) is 2.50. The van der Waals surface area contributed by atoms with Crippen molar-refractivity contribution in [3.05, 3.63) is 0 Å². The molecule has 0 aromatic heterocycles. The van der Waals surface area contributed by atoms with Gasteiger partial charge in [0.15, 0.2) is 0 Å². The van der Waals surface area contributed by atoms with Crippen molar-refractivity contribution in [1.82, 2.24) is 5.32 Å². The van der Waals surface area contributed by atoms with Gasteiger partial charge in [-0.05, 0) is 13.0 Å². The SMILES string of the molecule is CC(CNCCC(C)S(C)=O)C(=O)O. The van der Waals surface area contributed by atoms with Crippen LogP contribution < -0.4 is 5.32 Å². The first-order valence-electron chi connectivity index (χ1n) is 4.71. The Hall–Kier alpha value is -0.420. The third-order valence-electron chi connectivity index (χ3n) is 2.17. The Morgan fingerprint density at radius 2 is 2.07 bits per heavy atom. The highest BCUT2D eigenvalue weighted by Crippen LogP contribution is 1.98. The van der Waals surface area contributed by atoms with Gasteiger partial charge in [-0.2, -0.15) is 0 Å². The minimum absolute atomic E-state index is 0.169. The third kappa shape index (κ3) is 6.10. The van der Waals surface area contributed by atoms with Crippen molar-refractivity contribution >= 4 is 16.8 Å². The molecule has 3 unspecified atom stereocenters. The van der Waals surface area contributed by atoms with Crippen LogP contribution in [0.5, 0.6) is 0 Å². The van der Waals surface area contributed by atoms with E-state index < -0.39 is 16.8 Å². The summed E-state index contributed by atoms with van der Waals surface area (Å²) in [6.45, 7) is 4.78. The second-order valence-corrected chi connectivity index (χ2v) is 5.34. The van der Waals surface area contributed by atoms with Gasteiger partial charge in [-0.1, -0.05) is 13.8 Å². The second-order valence-electron chi connectivity index (χ2n) is 3.54. The summed E-state index contributed by atoms with van der Waals surface area (Å²) in [4.78, 5) is 10.4. The Labute approximate surface area is 87.5 Å². The number of carbonyl (C=O) groups is 1. The van der Waals surface area contributed by atoms with E-state index in [4.69, 9.17) is 5.11 Å².